The Morgan fingerprint density at radius 3 is 1.30 bits per heavy atom. The van der Waals surface area contributed by atoms with Gasteiger partial charge in [0.05, 0.1) is 33.4 Å². The van der Waals surface area contributed by atoms with E-state index in [1.165, 1.54) is 36.4 Å². The predicted molar refractivity (Wildman–Crippen MR) is 134 cm³/mol. The van der Waals surface area contributed by atoms with E-state index in [2.05, 4.69) is 9.47 Å². The zero-order chi connectivity index (χ0) is 28.0. The summed E-state index contributed by atoms with van der Waals surface area (Å²) in [6.07, 6.45) is 0. The molecule has 2 heterocycles. The number of cyclic esters (lactones) is 4. The van der Waals surface area contributed by atoms with Gasteiger partial charge in [-0.05, 0) is 71.8 Å². The van der Waals surface area contributed by atoms with Crippen LogP contribution in [0.1, 0.15) is 62.1 Å². The van der Waals surface area contributed by atoms with Crippen molar-refractivity contribution < 1.29 is 47.7 Å². The van der Waals surface area contributed by atoms with Crippen LogP contribution in [0.15, 0.2) is 84.9 Å². The van der Waals surface area contributed by atoms with Crippen molar-refractivity contribution in [2.45, 2.75) is 0 Å². The Kier molecular flexibility index (Phi) is 5.77. The third kappa shape index (κ3) is 4.39. The lowest BCUT2D eigenvalue weighted by atomic mass is 10.0. The second kappa shape index (κ2) is 9.44. The van der Waals surface area contributed by atoms with Gasteiger partial charge in [-0.15, -0.1) is 0 Å². The average molecular weight is 534 g/mol. The molecular weight excluding hydrogens is 520 g/mol. The highest BCUT2D eigenvalue weighted by atomic mass is 16.6. The summed E-state index contributed by atoms with van der Waals surface area (Å²) in [5.41, 5.74) is 1.56. The van der Waals surface area contributed by atoms with Gasteiger partial charge in [-0.2, -0.15) is 0 Å². The molecular formula is C30H14O10. The average Bonchev–Trinajstić information content (AvgIpc) is 3.41. The Morgan fingerprint density at radius 2 is 0.875 bits per heavy atom. The maximum Gasteiger partial charge on any atom is 0.346 e. The minimum absolute atomic E-state index is 0.00660. The molecule has 4 aromatic rings. The summed E-state index contributed by atoms with van der Waals surface area (Å²) in [7, 11) is 0. The summed E-state index contributed by atoms with van der Waals surface area (Å²) in [6, 6.07) is 21.1. The number of rotatable bonds is 5. The first-order valence-corrected chi connectivity index (χ1v) is 11.7. The standard InChI is InChI=1S/C30H14O10/c31-25(17-7-9-21-23(13-17)29(35)39-27(21)33)37-19-5-1-3-15(11-19)16-4-2-6-20(12-16)38-26(32)18-8-10-22-24(14-18)30(36)40-28(22)34/h1-14H. The van der Waals surface area contributed by atoms with E-state index in [4.69, 9.17) is 9.47 Å². The van der Waals surface area contributed by atoms with E-state index >= 15 is 0 Å². The molecule has 0 aliphatic carbocycles. The highest BCUT2D eigenvalue weighted by Gasteiger charge is 2.31. The van der Waals surface area contributed by atoms with E-state index in [1.807, 2.05) is 0 Å². The Labute approximate surface area is 224 Å². The normalized spacial score (nSPS) is 13.3. The Hall–Kier alpha value is -5.90. The van der Waals surface area contributed by atoms with Crippen LogP contribution in [0.25, 0.3) is 11.1 Å². The largest absolute Gasteiger partial charge is 0.423 e. The number of ether oxygens (including phenoxy) is 4. The molecule has 40 heavy (non-hydrogen) atoms. The first-order valence-electron chi connectivity index (χ1n) is 11.7. The van der Waals surface area contributed by atoms with Gasteiger partial charge < -0.3 is 18.9 Å². The van der Waals surface area contributed by atoms with Crippen molar-refractivity contribution in [1.29, 1.82) is 0 Å². The lowest BCUT2D eigenvalue weighted by Gasteiger charge is -2.09. The highest BCUT2D eigenvalue weighted by molar-refractivity contribution is 6.16. The molecule has 0 atom stereocenters. The molecule has 0 aromatic heterocycles. The number of carbonyl (C=O) groups is 6. The molecule has 0 N–H and O–H groups in total. The van der Waals surface area contributed by atoms with E-state index in [0.29, 0.717) is 11.1 Å². The van der Waals surface area contributed by atoms with Crippen LogP contribution in [0, 0.1) is 0 Å². The zero-order valence-corrected chi connectivity index (χ0v) is 20.2. The molecule has 0 amide bonds. The number of fused-ring (bicyclic) bond motifs is 2. The maximum absolute atomic E-state index is 12.7. The molecule has 0 unspecified atom stereocenters. The molecule has 0 radical (unpaired) electrons. The van der Waals surface area contributed by atoms with Crippen LogP contribution in [-0.4, -0.2) is 35.8 Å². The van der Waals surface area contributed by atoms with E-state index in [1.54, 1.807) is 48.5 Å². The summed E-state index contributed by atoms with van der Waals surface area (Å²) in [5, 5.41) is 0. The molecule has 0 spiro atoms. The zero-order valence-electron chi connectivity index (χ0n) is 20.2. The van der Waals surface area contributed by atoms with Crippen molar-refractivity contribution in [1.82, 2.24) is 0 Å². The number of hydrogen-bond acceptors (Lipinski definition) is 10. The van der Waals surface area contributed by atoms with Crippen molar-refractivity contribution in [3.05, 3.63) is 118 Å². The van der Waals surface area contributed by atoms with Crippen molar-refractivity contribution in [2.24, 2.45) is 0 Å². The molecule has 2 aliphatic rings. The molecule has 10 heteroatoms. The van der Waals surface area contributed by atoms with Gasteiger partial charge in [0.2, 0.25) is 0 Å². The van der Waals surface area contributed by atoms with E-state index in [0.717, 1.165) is 0 Å². The van der Waals surface area contributed by atoms with Gasteiger partial charge in [0.15, 0.2) is 0 Å². The van der Waals surface area contributed by atoms with Crippen molar-refractivity contribution in [2.75, 3.05) is 0 Å². The number of carbonyl (C=O) groups excluding carboxylic acids is 6. The predicted octanol–water partition coefficient (Wildman–Crippen LogP) is 4.41. The first-order chi connectivity index (χ1) is 19.3. The van der Waals surface area contributed by atoms with Gasteiger partial charge in [-0.1, -0.05) is 24.3 Å². The van der Waals surface area contributed by atoms with Gasteiger partial charge >= 0.3 is 35.8 Å². The Morgan fingerprint density at radius 1 is 0.475 bits per heavy atom. The van der Waals surface area contributed by atoms with Crippen molar-refractivity contribution in [3.63, 3.8) is 0 Å². The summed E-state index contributed by atoms with van der Waals surface area (Å²) < 4.78 is 20.0. The fourth-order valence-electron chi connectivity index (χ4n) is 4.23. The third-order valence-electron chi connectivity index (χ3n) is 6.18. The van der Waals surface area contributed by atoms with Crippen LogP contribution < -0.4 is 9.47 Å². The van der Waals surface area contributed by atoms with Crippen LogP contribution in [0.4, 0.5) is 0 Å². The second-order valence-corrected chi connectivity index (χ2v) is 8.71. The van der Waals surface area contributed by atoms with Crippen LogP contribution in [0.2, 0.25) is 0 Å². The Bertz CT molecular complexity index is 1680. The van der Waals surface area contributed by atoms with Gasteiger partial charge in [-0.3, -0.25) is 0 Å². The molecule has 6 rings (SSSR count). The first kappa shape index (κ1) is 24.4. The second-order valence-electron chi connectivity index (χ2n) is 8.71. The van der Waals surface area contributed by atoms with Gasteiger partial charge in [0.25, 0.3) is 0 Å². The number of hydrogen-bond donors (Lipinski definition) is 0. The monoisotopic (exact) mass is 534 g/mol. The molecule has 2 aliphatic heterocycles. The fraction of sp³-hybridized carbons (Fsp3) is 0. The van der Waals surface area contributed by atoms with Crippen LogP contribution in [0.5, 0.6) is 11.5 Å². The molecule has 4 aromatic carbocycles. The van der Waals surface area contributed by atoms with Crippen LogP contribution in [0.3, 0.4) is 0 Å². The van der Waals surface area contributed by atoms with E-state index in [-0.39, 0.29) is 44.9 Å². The molecule has 0 bridgehead atoms. The fourth-order valence-corrected chi connectivity index (χ4v) is 4.23. The van der Waals surface area contributed by atoms with Crippen molar-refractivity contribution >= 4 is 35.8 Å². The number of benzene rings is 4. The summed E-state index contributed by atoms with van der Waals surface area (Å²) >= 11 is 0. The molecule has 0 saturated carbocycles. The lowest BCUT2D eigenvalue weighted by Crippen LogP contribution is -2.10. The number of esters is 6. The van der Waals surface area contributed by atoms with Gasteiger partial charge in [0.1, 0.15) is 11.5 Å². The molecule has 194 valence electrons. The minimum Gasteiger partial charge on any atom is -0.423 e. The SMILES string of the molecule is O=C(Oc1cccc(-c2cccc(OC(=O)c3ccc4c(c3)C(=O)OC4=O)c2)c1)c1ccc2c(c1)C(=O)OC2=O. The lowest BCUT2D eigenvalue weighted by molar-refractivity contribution is 0.0425. The molecule has 10 nitrogen and oxygen atoms in total. The minimum atomic E-state index is -0.828. The summed E-state index contributed by atoms with van der Waals surface area (Å²) in [5.74, 6) is -4.25. The third-order valence-corrected chi connectivity index (χ3v) is 6.18. The molecule has 0 saturated heterocycles. The quantitative estimate of drug-likeness (QED) is 0.205. The van der Waals surface area contributed by atoms with Gasteiger partial charge in [-0.25, -0.2) is 28.8 Å². The van der Waals surface area contributed by atoms with Crippen molar-refractivity contribution in [3.8, 4) is 22.6 Å². The van der Waals surface area contributed by atoms with Crippen LogP contribution in [-0.2, 0) is 9.47 Å². The molecule has 0 fully saturated rings. The topological polar surface area (TPSA) is 139 Å². The smallest absolute Gasteiger partial charge is 0.346 e. The van der Waals surface area contributed by atoms with E-state index < -0.39 is 35.8 Å². The summed E-state index contributed by atoms with van der Waals surface area (Å²) in [6.45, 7) is 0. The van der Waals surface area contributed by atoms with Crippen LogP contribution >= 0.6 is 0 Å². The highest BCUT2D eigenvalue weighted by Crippen LogP contribution is 2.29. The maximum atomic E-state index is 12.7. The summed E-state index contributed by atoms with van der Waals surface area (Å²) in [4.78, 5) is 72.3. The van der Waals surface area contributed by atoms with Gasteiger partial charge in [0, 0.05) is 0 Å². The Balaban J connectivity index is 1.18. The van der Waals surface area contributed by atoms with E-state index in [9.17, 15) is 28.8 Å².